The van der Waals surface area contributed by atoms with Gasteiger partial charge in [0.15, 0.2) is 11.5 Å². The number of anilines is 1. The van der Waals surface area contributed by atoms with Crippen LogP contribution in [0.5, 0.6) is 11.5 Å². The number of nitrogen functional groups attached to an aromatic ring is 1. The topological polar surface area (TPSA) is 73.6 Å². The maximum absolute atomic E-state index is 12.0. The van der Waals surface area contributed by atoms with Crippen LogP contribution in [0, 0.1) is 0 Å². The van der Waals surface area contributed by atoms with Crippen molar-refractivity contribution in [1.82, 2.24) is 5.32 Å². The van der Waals surface area contributed by atoms with E-state index in [1.807, 2.05) is 0 Å². The van der Waals surface area contributed by atoms with Crippen LogP contribution in [0.1, 0.15) is 10.4 Å². The molecule has 98 valence electrons. The standard InChI is InChI=1S/C10H9F3N2O3/c11-10(12,13)3-15-9(16)5-1-7-8(2-6(5)14)18-4-17-7/h1-2H,3-4,14H2,(H,15,16). The Morgan fingerprint density at radius 2 is 1.94 bits per heavy atom. The van der Waals surface area contributed by atoms with Crippen molar-refractivity contribution in [2.45, 2.75) is 6.18 Å². The summed E-state index contributed by atoms with van der Waals surface area (Å²) in [6.07, 6.45) is -4.47. The lowest BCUT2D eigenvalue weighted by molar-refractivity contribution is -0.123. The molecule has 0 saturated heterocycles. The maximum atomic E-state index is 12.0. The predicted octanol–water partition coefficient (Wildman–Crippen LogP) is 1.29. The minimum atomic E-state index is -4.47. The van der Waals surface area contributed by atoms with Crippen molar-refractivity contribution in [3.05, 3.63) is 17.7 Å². The van der Waals surface area contributed by atoms with E-state index in [-0.39, 0.29) is 23.8 Å². The van der Waals surface area contributed by atoms with Crippen molar-refractivity contribution < 1.29 is 27.4 Å². The number of alkyl halides is 3. The number of fused-ring (bicyclic) bond motifs is 1. The van der Waals surface area contributed by atoms with E-state index in [1.54, 1.807) is 5.32 Å². The molecule has 0 fully saturated rings. The van der Waals surface area contributed by atoms with Crippen molar-refractivity contribution in [3.63, 3.8) is 0 Å². The van der Waals surface area contributed by atoms with E-state index < -0.39 is 18.6 Å². The molecule has 1 aliphatic heterocycles. The molecule has 1 amide bonds. The number of hydrogen-bond donors (Lipinski definition) is 2. The molecule has 0 aliphatic carbocycles. The first-order valence-electron chi connectivity index (χ1n) is 4.91. The molecule has 1 aliphatic rings. The smallest absolute Gasteiger partial charge is 0.405 e. The maximum Gasteiger partial charge on any atom is 0.405 e. The number of hydrogen-bond acceptors (Lipinski definition) is 4. The van der Waals surface area contributed by atoms with Gasteiger partial charge in [-0.25, -0.2) is 0 Å². The number of amides is 1. The van der Waals surface area contributed by atoms with E-state index in [1.165, 1.54) is 12.1 Å². The SMILES string of the molecule is Nc1cc2c(cc1C(=O)NCC(F)(F)F)OCO2. The quantitative estimate of drug-likeness (QED) is 0.788. The molecule has 0 atom stereocenters. The van der Waals surface area contributed by atoms with Crippen molar-refractivity contribution in [2.75, 3.05) is 19.1 Å². The molecule has 3 N–H and O–H groups in total. The van der Waals surface area contributed by atoms with E-state index in [2.05, 4.69) is 0 Å². The molecule has 5 nitrogen and oxygen atoms in total. The van der Waals surface area contributed by atoms with Gasteiger partial charge in [-0.15, -0.1) is 0 Å². The minimum absolute atomic E-state index is 0.0115. The van der Waals surface area contributed by atoms with Gasteiger partial charge in [-0.05, 0) is 6.07 Å². The van der Waals surface area contributed by atoms with Crippen LogP contribution in [-0.2, 0) is 0 Å². The summed E-state index contributed by atoms with van der Waals surface area (Å²) in [4.78, 5) is 11.5. The fourth-order valence-electron chi connectivity index (χ4n) is 1.43. The van der Waals surface area contributed by atoms with Gasteiger partial charge >= 0.3 is 6.18 Å². The zero-order valence-electron chi connectivity index (χ0n) is 9.00. The second kappa shape index (κ2) is 4.28. The second-order valence-electron chi connectivity index (χ2n) is 3.59. The first kappa shape index (κ1) is 12.3. The Kier molecular flexibility index (Phi) is 2.93. The fourth-order valence-corrected chi connectivity index (χ4v) is 1.43. The molecule has 2 rings (SSSR count). The van der Waals surface area contributed by atoms with Crippen LogP contribution in [0.2, 0.25) is 0 Å². The molecule has 0 bridgehead atoms. The van der Waals surface area contributed by atoms with Crippen molar-refractivity contribution in [1.29, 1.82) is 0 Å². The van der Waals surface area contributed by atoms with E-state index in [4.69, 9.17) is 15.2 Å². The third-order valence-corrected chi connectivity index (χ3v) is 2.24. The van der Waals surface area contributed by atoms with Crippen LogP contribution in [0.3, 0.4) is 0 Å². The average Bonchev–Trinajstić information content (AvgIpc) is 2.70. The fraction of sp³-hybridized carbons (Fsp3) is 0.300. The highest BCUT2D eigenvalue weighted by atomic mass is 19.4. The number of rotatable bonds is 2. The van der Waals surface area contributed by atoms with Gasteiger partial charge in [-0.2, -0.15) is 13.2 Å². The van der Waals surface area contributed by atoms with E-state index in [9.17, 15) is 18.0 Å². The van der Waals surface area contributed by atoms with Gasteiger partial charge < -0.3 is 20.5 Å². The zero-order valence-corrected chi connectivity index (χ0v) is 9.00. The van der Waals surface area contributed by atoms with Crippen molar-refractivity contribution in [2.24, 2.45) is 0 Å². The first-order valence-corrected chi connectivity index (χ1v) is 4.91. The highest BCUT2D eigenvalue weighted by Gasteiger charge is 2.28. The van der Waals surface area contributed by atoms with Crippen LogP contribution in [0.25, 0.3) is 0 Å². The summed E-state index contributed by atoms with van der Waals surface area (Å²) in [5, 5.41) is 1.73. The van der Waals surface area contributed by atoms with Crippen molar-refractivity contribution in [3.8, 4) is 11.5 Å². The lowest BCUT2D eigenvalue weighted by Gasteiger charge is -2.10. The minimum Gasteiger partial charge on any atom is -0.454 e. The van der Waals surface area contributed by atoms with Gasteiger partial charge in [0.25, 0.3) is 5.91 Å². The zero-order chi connectivity index (χ0) is 13.3. The van der Waals surface area contributed by atoms with Gasteiger partial charge in [0.1, 0.15) is 6.54 Å². The molecule has 18 heavy (non-hydrogen) atoms. The van der Waals surface area contributed by atoms with Gasteiger partial charge in [0.2, 0.25) is 6.79 Å². The Balaban J connectivity index is 2.16. The van der Waals surface area contributed by atoms with Crippen LogP contribution >= 0.6 is 0 Å². The van der Waals surface area contributed by atoms with E-state index in [0.717, 1.165) is 0 Å². The summed E-state index contributed by atoms with van der Waals surface area (Å²) in [5.74, 6) is -0.274. The summed E-state index contributed by atoms with van der Waals surface area (Å²) in [7, 11) is 0. The first-order chi connectivity index (χ1) is 8.37. The molecular formula is C10H9F3N2O3. The molecule has 1 heterocycles. The number of carbonyl (C=O) groups excluding carboxylic acids is 1. The van der Waals surface area contributed by atoms with Gasteiger partial charge in [-0.3, -0.25) is 4.79 Å². The monoisotopic (exact) mass is 262 g/mol. The molecule has 0 unspecified atom stereocenters. The molecule has 0 aromatic heterocycles. The van der Waals surface area contributed by atoms with E-state index in [0.29, 0.717) is 5.75 Å². The second-order valence-corrected chi connectivity index (χ2v) is 3.59. The lowest BCUT2D eigenvalue weighted by atomic mass is 10.1. The van der Waals surface area contributed by atoms with Crippen LogP contribution < -0.4 is 20.5 Å². The third-order valence-electron chi connectivity index (χ3n) is 2.24. The van der Waals surface area contributed by atoms with Crippen LogP contribution in [0.15, 0.2) is 12.1 Å². The highest BCUT2D eigenvalue weighted by Crippen LogP contribution is 2.35. The molecule has 0 saturated carbocycles. The number of halogens is 3. The Bertz CT molecular complexity index is 488. The number of benzene rings is 1. The predicted molar refractivity (Wildman–Crippen MR) is 55.4 cm³/mol. The summed E-state index contributed by atoms with van der Waals surface area (Å²) >= 11 is 0. The van der Waals surface area contributed by atoms with Crippen molar-refractivity contribution >= 4 is 11.6 Å². The number of nitrogens with two attached hydrogens (primary N) is 1. The summed E-state index contributed by atoms with van der Waals surface area (Å²) in [6, 6.07) is 2.59. The molecule has 0 radical (unpaired) electrons. The summed E-state index contributed by atoms with van der Waals surface area (Å²) < 4.78 is 45.9. The number of carbonyl (C=O) groups is 1. The highest BCUT2D eigenvalue weighted by molar-refractivity contribution is 6.00. The van der Waals surface area contributed by atoms with Gasteiger partial charge in [0.05, 0.1) is 5.56 Å². The molecule has 1 aromatic rings. The summed E-state index contributed by atoms with van der Waals surface area (Å²) in [6.45, 7) is -1.43. The third kappa shape index (κ3) is 2.58. The number of ether oxygens (including phenoxy) is 2. The van der Waals surface area contributed by atoms with Crippen LogP contribution in [0.4, 0.5) is 18.9 Å². The molecule has 0 spiro atoms. The Labute approximate surface area is 99.7 Å². The average molecular weight is 262 g/mol. The molecule has 8 heteroatoms. The van der Waals surface area contributed by atoms with Gasteiger partial charge in [-0.1, -0.05) is 0 Å². The number of nitrogens with one attached hydrogen (secondary N) is 1. The summed E-state index contributed by atoms with van der Waals surface area (Å²) in [5.41, 5.74) is 5.50. The Hall–Kier alpha value is -2.12. The van der Waals surface area contributed by atoms with E-state index >= 15 is 0 Å². The molecular weight excluding hydrogens is 253 g/mol. The Morgan fingerprint density at radius 3 is 2.56 bits per heavy atom. The van der Waals surface area contributed by atoms with Crippen LogP contribution in [-0.4, -0.2) is 25.4 Å². The largest absolute Gasteiger partial charge is 0.454 e. The lowest BCUT2D eigenvalue weighted by Crippen LogP contribution is -2.34. The normalized spacial score (nSPS) is 13.5. The Morgan fingerprint density at radius 1 is 1.33 bits per heavy atom. The van der Waals surface area contributed by atoms with Gasteiger partial charge in [0, 0.05) is 11.8 Å². The molecule has 1 aromatic carbocycles.